The van der Waals surface area contributed by atoms with Crippen LogP contribution in [0, 0.1) is 0 Å². The smallest absolute Gasteiger partial charge is 0.369 e. The number of thiophene rings is 2. The van der Waals surface area contributed by atoms with Crippen molar-refractivity contribution in [2.75, 3.05) is 6.61 Å². The predicted octanol–water partition coefficient (Wildman–Crippen LogP) is 4.17. The number of nitrogens with zero attached hydrogens (tertiary/aromatic N) is 2. The minimum atomic E-state index is -0.411. The summed E-state index contributed by atoms with van der Waals surface area (Å²) in [5, 5.41) is 11.1. The highest BCUT2D eigenvalue weighted by Gasteiger charge is 2.16. The number of aromatic nitrogens is 2. The Balaban J connectivity index is 1.85. The van der Waals surface area contributed by atoms with Gasteiger partial charge in [-0.1, -0.05) is 17.4 Å². The monoisotopic (exact) mass is 322 g/mol. The second-order valence-corrected chi connectivity index (χ2v) is 6.78. The van der Waals surface area contributed by atoms with Gasteiger partial charge in [0.25, 0.3) is 0 Å². The molecule has 0 radical (unpaired) electrons. The van der Waals surface area contributed by atoms with Gasteiger partial charge in [-0.15, -0.1) is 32.9 Å². The van der Waals surface area contributed by atoms with Crippen LogP contribution in [-0.2, 0) is 4.74 Å². The van der Waals surface area contributed by atoms with Gasteiger partial charge in [0, 0.05) is 9.75 Å². The summed E-state index contributed by atoms with van der Waals surface area (Å²) in [6.07, 6.45) is 0. The highest BCUT2D eigenvalue weighted by molar-refractivity contribution is 7.26. The first-order valence-corrected chi connectivity index (χ1v) is 8.44. The van der Waals surface area contributed by atoms with Crippen molar-refractivity contribution < 1.29 is 9.53 Å². The van der Waals surface area contributed by atoms with Gasteiger partial charge in [0.2, 0.25) is 5.01 Å². The van der Waals surface area contributed by atoms with Crippen molar-refractivity contribution in [3.05, 3.63) is 34.7 Å². The van der Waals surface area contributed by atoms with E-state index in [1.54, 1.807) is 29.6 Å². The Labute approximate surface area is 127 Å². The molecule has 3 aromatic rings. The maximum atomic E-state index is 11.6. The Morgan fingerprint density at radius 2 is 2.00 bits per heavy atom. The summed E-state index contributed by atoms with van der Waals surface area (Å²) >= 11 is 4.61. The Morgan fingerprint density at radius 3 is 2.75 bits per heavy atom. The first kappa shape index (κ1) is 13.4. The molecule has 0 unspecified atom stereocenters. The van der Waals surface area contributed by atoms with Crippen LogP contribution in [0.1, 0.15) is 16.7 Å². The molecule has 0 aliphatic heterocycles. The zero-order chi connectivity index (χ0) is 13.9. The molecule has 0 fully saturated rings. The Bertz CT molecular complexity index is 716. The van der Waals surface area contributed by atoms with Crippen molar-refractivity contribution in [3.63, 3.8) is 0 Å². The summed E-state index contributed by atoms with van der Waals surface area (Å²) in [5.41, 5.74) is 0. The van der Waals surface area contributed by atoms with Crippen molar-refractivity contribution in [1.82, 2.24) is 10.2 Å². The van der Waals surface area contributed by atoms with Crippen molar-refractivity contribution in [2.45, 2.75) is 6.92 Å². The van der Waals surface area contributed by atoms with Gasteiger partial charge in [-0.2, -0.15) is 0 Å². The highest BCUT2D eigenvalue weighted by Crippen LogP contribution is 2.37. The Morgan fingerprint density at radius 1 is 1.15 bits per heavy atom. The first-order chi connectivity index (χ1) is 9.78. The largest absolute Gasteiger partial charge is 0.461 e. The Hall–Kier alpha value is -1.57. The molecule has 0 N–H and O–H groups in total. The molecule has 0 aliphatic carbocycles. The summed E-state index contributed by atoms with van der Waals surface area (Å²) in [6.45, 7) is 2.11. The molecule has 4 nitrogen and oxygen atoms in total. The zero-order valence-corrected chi connectivity index (χ0v) is 13.0. The van der Waals surface area contributed by atoms with Crippen LogP contribution >= 0.6 is 34.0 Å². The van der Waals surface area contributed by atoms with Crippen LogP contribution in [0.3, 0.4) is 0 Å². The quantitative estimate of drug-likeness (QED) is 0.676. The van der Waals surface area contributed by atoms with E-state index in [1.165, 1.54) is 21.1 Å². The lowest BCUT2D eigenvalue weighted by Gasteiger charge is -1.94. The van der Waals surface area contributed by atoms with E-state index < -0.39 is 5.97 Å². The maximum absolute atomic E-state index is 11.6. The number of esters is 1. The topological polar surface area (TPSA) is 52.1 Å². The molecule has 0 saturated carbocycles. The minimum Gasteiger partial charge on any atom is -0.461 e. The number of hydrogen-bond acceptors (Lipinski definition) is 7. The zero-order valence-electron chi connectivity index (χ0n) is 10.5. The average molecular weight is 322 g/mol. The summed E-state index contributed by atoms with van der Waals surface area (Å²) in [4.78, 5) is 15.0. The van der Waals surface area contributed by atoms with Crippen molar-refractivity contribution in [1.29, 1.82) is 0 Å². The molecule has 0 spiro atoms. The van der Waals surface area contributed by atoms with Crippen LogP contribution in [-0.4, -0.2) is 22.8 Å². The number of ether oxygens (including phenoxy) is 1. The second kappa shape index (κ2) is 5.82. The summed E-state index contributed by atoms with van der Waals surface area (Å²) in [6, 6.07) is 8.19. The molecule has 3 aromatic heterocycles. The lowest BCUT2D eigenvalue weighted by Crippen LogP contribution is -2.03. The minimum absolute atomic E-state index is 0.299. The van der Waals surface area contributed by atoms with E-state index in [2.05, 4.69) is 27.7 Å². The molecule has 3 heterocycles. The van der Waals surface area contributed by atoms with E-state index >= 15 is 0 Å². The maximum Gasteiger partial charge on any atom is 0.369 e. The molecule has 7 heteroatoms. The summed E-state index contributed by atoms with van der Waals surface area (Å²) in [7, 11) is 0. The molecular formula is C13H10N2O2S3. The molecule has 0 bridgehead atoms. The number of carbonyl (C=O) groups excluding carboxylic acids is 1. The fourth-order valence-electron chi connectivity index (χ4n) is 1.60. The molecule has 0 saturated heterocycles. The average Bonchev–Trinajstić information content (AvgIpc) is 3.19. The van der Waals surface area contributed by atoms with Gasteiger partial charge >= 0.3 is 5.97 Å². The van der Waals surface area contributed by atoms with E-state index in [4.69, 9.17) is 4.74 Å². The molecule has 0 aromatic carbocycles. The van der Waals surface area contributed by atoms with Gasteiger partial charge in [0.1, 0.15) is 0 Å². The van der Waals surface area contributed by atoms with Crippen LogP contribution < -0.4 is 0 Å². The van der Waals surface area contributed by atoms with Gasteiger partial charge < -0.3 is 4.74 Å². The Kier molecular flexibility index (Phi) is 3.90. The van der Waals surface area contributed by atoms with E-state index in [0.717, 1.165) is 9.88 Å². The van der Waals surface area contributed by atoms with Gasteiger partial charge in [-0.05, 0) is 30.5 Å². The van der Waals surface area contributed by atoms with Gasteiger partial charge in [0.15, 0.2) is 5.01 Å². The summed E-state index contributed by atoms with van der Waals surface area (Å²) in [5.74, 6) is -0.411. The van der Waals surface area contributed by atoms with Gasteiger partial charge in [0.05, 0.1) is 11.5 Å². The third kappa shape index (κ3) is 2.65. The third-order valence-corrected chi connectivity index (χ3v) is 5.68. The molecule has 0 atom stereocenters. The van der Waals surface area contributed by atoms with E-state index in [0.29, 0.717) is 11.6 Å². The molecule has 0 amide bonds. The third-order valence-electron chi connectivity index (χ3n) is 2.46. The predicted molar refractivity (Wildman–Crippen MR) is 82.5 cm³/mol. The standard InChI is InChI=1S/C13H10N2O2S3/c1-2-17-13(16)12-15-14-11(20-12)10-6-5-9(19-10)8-4-3-7-18-8/h3-7H,2H2,1H3. The van der Waals surface area contributed by atoms with Crippen molar-refractivity contribution in [3.8, 4) is 19.6 Å². The number of carbonyl (C=O) groups is 1. The SMILES string of the molecule is CCOC(=O)c1nnc(-c2ccc(-c3cccs3)s2)s1. The molecule has 102 valence electrons. The molecule has 20 heavy (non-hydrogen) atoms. The van der Waals surface area contributed by atoms with Crippen molar-refractivity contribution >= 4 is 40.0 Å². The normalized spacial score (nSPS) is 10.7. The second-order valence-electron chi connectivity index (χ2n) is 3.77. The fraction of sp³-hybridized carbons (Fsp3) is 0.154. The molecule has 0 aliphatic rings. The number of rotatable bonds is 4. The molecular weight excluding hydrogens is 312 g/mol. The van der Waals surface area contributed by atoms with Crippen LogP contribution in [0.25, 0.3) is 19.6 Å². The fourth-order valence-corrected chi connectivity index (χ4v) is 4.23. The lowest BCUT2D eigenvalue weighted by atomic mass is 10.4. The van der Waals surface area contributed by atoms with Crippen LogP contribution in [0.4, 0.5) is 0 Å². The lowest BCUT2D eigenvalue weighted by molar-refractivity contribution is 0.0525. The van der Waals surface area contributed by atoms with E-state index in [1.807, 2.05) is 12.1 Å². The van der Waals surface area contributed by atoms with E-state index in [-0.39, 0.29) is 0 Å². The first-order valence-electron chi connectivity index (χ1n) is 5.92. The number of hydrogen-bond donors (Lipinski definition) is 0. The van der Waals surface area contributed by atoms with Crippen LogP contribution in [0.15, 0.2) is 29.6 Å². The highest BCUT2D eigenvalue weighted by atomic mass is 32.1. The molecule has 3 rings (SSSR count). The van der Waals surface area contributed by atoms with Gasteiger partial charge in [-0.3, -0.25) is 0 Å². The van der Waals surface area contributed by atoms with E-state index in [9.17, 15) is 4.79 Å². The van der Waals surface area contributed by atoms with Crippen LogP contribution in [0.2, 0.25) is 0 Å². The van der Waals surface area contributed by atoms with Crippen molar-refractivity contribution in [2.24, 2.45) is 0 Å². The summed E-state index contributed by atoms with van der Waals surface area (Å²) < 4.78 is 4.92. The van der Waals surface area contributed by atoms with Gasteiger partial charge in [-0.25, -0.2) is 4.79 Å². The van der Waals surface area contributed by atoms with Crippen LogP contribution in [0.5, 0.6) is 0 Å².